The molecule has 6 heteroatoms. The van der Waals surface area contributed by atoms with Gasteiger partial charge in [-0.2, -0.15) is 0 Å². The molecule has 0 fully saturated rings. The zero-order valence-electron chi connectivity index (χ0n) is 7.43. The molecule has 0 aromatic carbocycles. The Labute approximate surface area is 78.7 Å². The normalized spacial score (nSPS) is 11.5. The smallest absolute Gasteiger partial charge is 0.403 e. The van der Waals surface area contributed by atoms with Crippen LogP contribution in [-0.4, -0.2) is 11.3 Å². The topological polar surface area (TPSA) is 48.1 Å². The molecular weight excluding hydrogens is 197 g/mol. The van der Waals surface area contributed by atoms with Crippen LogP contribution in [-0.2, 0) is 6.54 Å². The van der Waals surface area contributed by atoms with Crippen LogP contribution in [0.5, 0.6) is 5.75 Å². The molecule has 3 nitrogen and oxygen atoms in total. The molecule has 0 aliphatic rings. The highest BCUT2D eigenvalue weighted by atomic mass is 19.4. The number of hydrogen-bond acceptors (Lipinski definition) is 3. The number of alkyl halides is 3. The number of pyridine rings is 1. The fraction of sp³-hybridized carbons (Fsp3) is 0.375. The summed E-state index contributed by atoms with van der Waals surface area (Å²) in [5.41, 5.74) is 5.72. The maximum absolute atomic E-state index is 11.9. The largest absolute Gasteiger partial charge is 0.573 e. The molecule has 1 heterocycles. The number of nitrogens with two attached hydrogens (primary N) is 1. The Hall–Kier alpha value is -1.30. The van der Waals surface area contributed by atoms with E-state index >= 15 is 0 Å². The lowest BCUT2D eigenvalue weighted by Crippen LogP contribution is -2.19. The fourth-order valence-electron chi connectivity index (χ4n) is 1.02. The molecule has 78 valence electrons. The molecule has 0 spiro atoms. The Morgan fingerprint density at radius 2 is 2.14 bits per heavy atom. The third-order valence-corrected chi connectivity index (χ3v) is 1.60. The van der Waals surface area contributed by atoms with Crippen molar-refractivity contribution in [2.45, 2.75) is 19.8 Å². The van der Waals surface area contributed by atoms with Gasteiger partial charge in [0.05, 0.1) is 5.69 Å². The highest BCUT2D eigenvalue weighted by Crippen LogP contribution is 2.28. The van der Waals surface area contributed by atoms with Crippen molar-refractivity contribution in [2.75, 3.05) is 0 Å². The van der Waals surface area contributed by atoms with E-state index in [0.29, 0.717) is 0 Å². The average molecular weight is 206 g/mol. The van der Waals surface area contributed by atoms with Crippen LogP contribution < -0.4 is 10.5 Å². The summed E-state index contributed by atoms with van der Waals surface area (Å²) >= 11 is 0. The molecule has 0 aliphatic heterocycles. The van der Waals surface area contributed by atoms with Gasteiger partial charge in [-0.1, -0.05) is 0 Å². The van der Waals surface area contributed by atoms with E-state index in [9.17, 15) is 13.2 Å². The summed E-state index contributed by atoms with van der Waals surface area (Å²) < 4.78 is 39.7. The van der Waals surface area contributed by atoms with E-state index in [4.69, 9.17) is 5.73 Å². The molecule has 1 aromatic rings. The molecule has 1 rings (SSSR count). The summed E-state index contributed by atoms with van der Waals surface area (Å²) in [5.74, 6) is -0.303. The van der Waals surface area contributed by atoms with Crippen LogP contribution in [0.2, 0.25) is 0 Å². The number of ether oxygens (including phenoxy) is 1. The lowest BCUT2D eigenvalue weighted by Gasteiger charge is -2.13. The summed E-state index contributed by atoms with van der Waals surface area (Å²) in [7, 11) is 0. The summed E-state index contributed by atoms with van der Waals surface area (Å²) in [6.07, 6.45) is -3.32. The Balaban J connectivity index is 3.05. The minimum Gasteiger partial charge on any atom is -0.403 e. The molecule has 2 N–H and O–H groups in total. The van der Waals surface area contributed by atoms with E-state index in [1.807, 2.05) is 0 Å². The van der Waals surface area contributed by atoms with E-state index in [-0.39, 0.29) is 23.6 Å². The molecule has 0 bridgehead atoms. The number of nitrogens with zero attached hydrogens (tertiary/aromatic N) is 1. The lowest BCUT2D eigenvalue weighted by molar-refractivity contribution is -0.275. The number of rotatable bonds is 2. The van der Waals surface area contributed by atoms with E-state index in [1.165, 1.54) is 19.2 Å². The number of aromatic nitrogens is 1. The highest BCUT2D eigenvalue weighted by Gasteiger charge is 2.32. The Bertz CT molecular complexity index is 325. The van der Waals surface area contributed by atoms with E-state index in [2.05, 4.69) is 9.72 Å². The first-order valence-electron chi connectivity index (χ1n) is 3.84. The van der Waals surface area contributed by atoms with Crippen molar-refractivity contribution in [2.24, 2.45) is 5.73 Å². The minimum absolute atomic E-state index is 0.0191. The van der Waals surface area contributed by atoms with Crippen molar-refractivity contribution in [3.63, 3.8) is 0 Å². The molecule has 0 atom stereocenters. The van der Waals surface area contributed by atoms with Crippen molar-refractivity contribution in [1.29, 1.82) is 0 Å². The Kier molecular flexibility index (Phi) is 2.95. The molecule has 0 amide bonds. The van der Waals surface area contributed by atoms with Gasteiger partial charge >= 0.3 is 6.36 Å². The van der Waals surface area contributed by atoms with Crippen molar-refractivity contribution in [1.82, 2.24) is 4.98 Å². The van der Waals surface area contributed by atoms with E-state index in [1.54, 1.807) is 0 Å². The predicted octanol–water partition coefficient (Wildman–Crippen LogP) is 1.75. The maximum Gasteiger partial charge on any atom is 0.573 e. The van der Waals surface area contributed by atoms with Gasteiger partial charge in [0, 0.05) is 18.3 Å². The van der Waals surface area contributed by atoms with E-state index in [0.717, 1.165) is 0 Å². The molecule has 0 saturated carbocycles. The van der Waals surface area contributed by atoms with Gasteiger partial charge in [0.1, 0.15) is 0 Å². The average Bonchev–Trinajstić information content (AvgIpc) is 2.06. The molecule has 0 aliphatic carbocycles. The second-order valence-electron chi connectivity index (χ2n) is 2.64. The predicted molar refractivity (Wildman–Crippen MR) is 43.5 cm³/mol. The number of aryl methyl sites for hydroxylation is 1. The van der Waals surface area contributed by atoms with Gasteiger partial charge in [-0.25, -0.2) is 0 Å². The van der Waals surface area contributed by atoms with Crippen LogP contribution in [0.4, 0.5) is 13.2 Å². The third-order valence-electron chi connectivity index (χ3n) is 1.60. The van der Waals surface area contributed by atoms with E-state index < -0.39 is 6.36 Å². The van der Waals surface area contributed by atoms with Gasteiger partial charge in [-0.3, -0.25) is 4.98 Å². The second-order valence-corrected chi connectivity index (χ2v) is 2.64. The summed E-state index contributed by atoms with van der Waals surface area (Å²) in [6.45, 7) is 1.41. The van der Waals surface area contributed by atoms with Crippen molar-refractivity contribution in [3.05, 3.63) is 23.5 Å². The van der Waals surface area contributed by atoms with Crippen LogP contribution in [0.3, 0.4) is 0 Å². The van der Waals surface area contributed by atoms with Gasteiger partial charge < -0.3 is 10.5 Å². The monoisotopic (exact) mass is 206 g/mol. The fourth-order valence-corrected chi connectivity index (χ4v) is 1.02. The first kappa shape index (κ1) is 10.8. The van der Waals surface area contributed by atoms with Crippen molar-refractivity contribution in [3.8, 4) is 5.75 Å². The van der Waals surface area contributed by atoms with Gasteiger partial charge in [0.15, 0.2) is 5.75 Å². The second kappa shape index (κ2) is 3.83. The highest BCUT2D eigenvalue weighted by molar-refractivity contribution is 5.36. The van der Waals surface area contributed by atoms with Gasteiger partial charge in [-0.15, -0.1) is 13.2 Å². The standard InChI is InChI=1S/C8H9F3N2O/c1-5-7(14-8(9,10)11)6(4-12)2-3-13-5/h2-3H,4,12H2,1H3. The molecule has 0 unspecified atom stereocenters. The molecule has 0 radical (unpaired) electrons. The SMILES string of the molecule is Cc1nccc(CN)c1OC(F)(F)F. The van der Waals surface area contributed by atoms with Crippen LogP contribution in [0.1, 0.15) is 11.3 Å². The van der Waals surface area contributed by atoms with Crippen LogP contribution >= 0.6 is 0 Å². The molecule has 14 heavy (non-hydrogen) atoms. The minimum atomic E-state index is -4.71. The Morgan fingerprint density at radius 1 is 1.50 bits per heavy atom. The van der Waals surface area contributed by atoms with Gasteiger partial charge in [0.25, 0.3) is 0 Å². The van der Waals surface area contributed by atoms with Crippen molar-refractivity contribution >= 4 is 0 Å². The summed E-state index contributed by atoms with van der Waals surface area (Å²) in [6, 6.07) is 1.40. The Morgan fingerprint density at radius 3 is 2.64 bits per heavy atom. The van der Waals surface area contributed by atoms with Gasteiger partial charge in [-0.05, 0) is 13.0 Å². The molecule has 1 aromatic heterocycles. The first-order chi connectivity index (χ1) is 6.44. The van der Waals surface area contributed by atoms with Crippen LogP contribution in [0.15, 0.2) is 12.3 Å². The lowest BCUT2D eigenvalue weighted by atomic mass is 10.2. The summed E-state index contributed by atoms with van der Waals surface area (Å²) in [4.78, 5) is 3.69. The number of halogens is 3. The van der Waals surface area contributed by atoms with Crippen LogP contribution in [0.25, 0.3) is 0 Å². The zero-order valence-corrected chi connectivity index (χ0v) is 7.43. The quantitative estimate of drug-likeness (QED) is 0.801. The van der Waals surface area contributed by atoms with Gasteiger partial charge in [0.2, 0.25) is 0 Å². The number of hydrogen-bond donors (Lipinski definition) is 1. The van der Waals surface area contributed by atoms with Crippen molar-refractivity contribution < 1.29 is 17.9 Å². The maximum atomic E-state index is 11.9. The van der Waals surface area contributed by atoms with Crippen LogP contribution in [0, 0.1) is 6.92 Å². The molecular formula is C8H9F3N2O. The summed E-state index contributed by atoms with van der Waals surface area (Å²) in [5, 5.41) is 0. The molecule has 0 saturated heterocycles. The third kappa shape index (κ3) is 2.59. The zero-order chi connectivity index (χ0) is 10.8. The first-order valence-corrected chi connectivity index (χ1v) is 3.84.